The molecule has 1 N–H and O–H groups in total. The number of nitro benzene ring substituents is 1. The molecule has 2 aromatic carbocycles. The Morgan fingerprint density at radius 1 is 1.19 bits per heavy atom. The van der Waals surface area contributed by atoms with Crippen molar-refractivity contribution in [2.75, 3.05) is 11.1 Å². The molecule has 1 amide bonds. The number of carbonyl (C=O) groups excluding carboxylic acids is 1. The van der Waals surface area contributed by atoms with Gasteiger partial charge in [0.25, 0.3) is 5.69 Å². The van der Waals surface area contributed by atoms with Crippen molar-refractivity contribution in [1.29, 1.82) is 0 Å². The molecule has 0 atom stereocenters. The van der Waals surface area contributed by atoms with E-state index in [1.54, 1.807) is 0 Å². The average molecular weight is 498 g/mol. The Bertz CT molecular complexity index is 987. The quantitative estimate of drug-likeness (QED) is 0.235. The van der Waals surface area contributed by atoms with Gasteiger partial charge in [0.15, 0.2) is 0 Å². The SMILES string of the molecule is O=C(CSc1ncnc2ccccc12)Nc1c(Br)cc([N+](=O)[O-])cc1Br. The van der Waals surface area contributed by atoms with Crippen LogP contribution in [0.5, 0.6) is 0 Å². The lowest BCUT2D eigenvalue weighted by Gasteiger charge is -2.10. The van der Waals surface area contributed by atoms with E-state index >= 15 is 0 Å². The van der Waals surface area contributed by atoms with Gasteiger partial charge in [0.05, 0.1) is 21.9 Å². The van der Waals surface area contributed by atoms with E-state index in [4.69, 9.17) is 0 Å². The predicted molar refractivity (Wildman–Crippen MR) is 107 cm³/mol. The highest BCUT2D eigenvalue weighted by Gasteiger charge is 2.16. The molecule has 0 saturated carbocycles. The maximum atomic E-state index is 12.3. The standard InChI is InChI=1S/C16H10Br2N4O3S/c17-11-5-9(22(24)25)6-12(18)15(11)21-14(23)7-26-16-10-3-1-2-4-13(10)19-8-20-16/h1-6,8H,7H2,(H,21,23). The molecule has 3 aromatic rings. The first kappa shape index (κ1) is 18.7. The molecular formula is C16H10Br2N4O3S. The highest BCUT2D eigenvalue weighted by molar-refractivity contribution is 9.11. The van der Waals surface area contributed by atoms with Crippen molar-refractivity contribution < 1.29 is 9.72 Å². The summed E-state index contributed by atoms with van der Waals surface area (Å²) in [4.78, 5) is 31.1. The summed E-state index contributed by atoms with van der Waals surface area (Å²) < 4.78 is 0.842. The molecule has 0 aliphatic heterocycles. The van der Waals surface area contributed by atoms with E-state index in [0.29, 0.717) is 19.7 Å². The first-order valence-corrected chi connectivity index (χ1v) is 9.78. The smallest absolute Gasteiger partial charge is 0.271 e. The monoisotopic (exact) mass is 496 g/mol. The van der Waals surface area contributed by atoms with Gasteiger partial charge in [-0.25, -0.2) is 9.97 Å². The Labute approximate surface area is 169 Å². The zero-order valence-corrected chi connectivity index (χ0v) is 17.0. The van der Waals surface area contributed by atoms with Crippen LogP contribution in [0.25, 0.3) is 10.9 Å². The van der Waals surface area contributed by atoms with Crippen molar-refractivity contribution in [1.82, 2.24) is 9.97 Å². The number of benzene rings is 2. The van der Waals surface area contributed by atoms with Gasteiger partial charge in [-0.15, -0.1) is 0 Å². The fraction of sp³-hybridized carbons (Fsp3) is 0.0625. The third-order valence-corrected chi connectivity index (χ3v) is 5.60. The molecule has 10 heteroatoms. The number of rotatable bonds is 5. The van der Waals surface area contributed by atoms with E-state index < -0.39 is 4.92 Å². The van der Waals surface area contributed by atoms with Gasteiger partial charge in [0.2, 0.25) is 5.91 Å². The second-order valence-corrected chi connectivity index (χ2v) is 7.75. The van der Waals surface area contributed by atoms with Crippen LogP contribution in [0, 0.1) is 10.1 Å². The van der Waals surface area contributed by atoms with Crippen LogP contribution in [0.1, 0.15) is 0 Å². The predicted octanol–water partition coefficient (Wildman–Crippen LogP) is 4.79. The summed E-state index contributed by atoms with van der Waals surface area (Å²) in [6.45, 7) is 0. The van der Waals surface area contributed by atoms with Gasteiger partial charge >= 0.3 is 0 Å². The molecule has 0 aliphatic carbocycles. The normalized spacial score (nSPS) is 10.7. The van der Waals surface area contributed by atoms with Gasteiger partial charge < -0.3 is 5.32 Å². The van der Waals surface area contributed by atoms with Crippen molar-refractivity contribution in [2.45, 2.75) is 5.03 Å². The van der Waals surface area contributed by atoms with E-state index in [2.05, 4.69) is 47.1 Å². The number of carbonyl (C=O) groups is 1. The molecule has 0 fully saturated rings. The molecule has 0 aliphatic rings. The molecule has 26 heavy (non-hydrogen) atoms. The number of hydrogen-bond acceptors (Lipinski definition) is 6. The lowest BCUT2D eigenvalue weighted by molar-refractivity contribution is -0.385. The number of anilines is 1. The van der Waals surface area contributed by atoms with Crippen LogP contribution < -0.4 is 5.32 Å². The largest absolute Gasteiger partial charge is 0.323 e. The maximum absolute atomic E-state index is 12.3. The third kappa shape index (κ3) is 4.19. The second kappa shape index (κ2) is 8.11. The molecule has 0 bridgehead atoms. The first-order valence-electron chi connectivity index (χ1n) is 7.21. The fourth-order valence-corrected chi connectivity index (χ4v) is 4.34. The van der Waals surface area contributed by atoms with E-state index in [0.717, 1.165) is 10.9 Å². The van der Waals surface area contributed by atoms with Crippen LogP contribution in [-0.2, 0) is 4.79 Å². The molecule has 132 valence electrons. The number of thioether (sulfide) groups is 1. The number of amides is 1. The Balaban J connectivity index is 1.72. The van der Waals surface area contributed by atoms with Gasteiger partial charge in [-0.05, 0) is 37.9 Å². The average Bonchev–Trinajstić information content (AvgIpc) is 2.62. The number of fused-ring (bicyclic) bond motifs is 1. The Morgan fingerprint density at radius 2 is 1.88 bits per heavy atom. The zero-order valence-electron chi connectivity index (χ0n) is 13.0. The number of hydrogen-bond donors (Lipinski definition) is 1. The van der Waals surface area contributed by atoms with Gasteiger partial charge in [0.1, 0.15) is 11.4 Å². The lowest BCUT2D eigenvalue weighted by atomic mass is 10.2. The minimum atomic E-state index is -0.503. The topological polar surface area (TPSA) is 98.0 Å². The number of para-hydroxylation sites is 1. The molecule has 0 radical (unpaired) electrons. The van der Waals surface area contributed by atoms with Crippen LogP contribution in [0.15, 0.2) is 56.7 Å². The third-order valence-electron chi connectivity index (χ3n) is 3.35. The Kier molecular flexibility index (Phi) is 5.84. The Morgan fingerprint density at radius 3 is 2.58 bits per heavy atom. The minimum absolute atomic E-state index is 0.0800. The first-order chi connectivity index (χ1) is 12.5. The van der Waals surface area contributed by atoms with Gasteiger partial charge in [0, 0.05) is 26.5 Å². The minimum Gasteiger partial charge on any atom is -0.323 e. The van der Waals surface area contributed by atoms with Crippen LogP contribution in [0.4, 0.5) is 11.4 Å². The van der Waals surface area contributed by atoms with Gasteiger partial charge in [-0.1, -0.05) is 30.0 Å². The highest BCUT2D eigenvalue weighted by atomic mass is 79.9. The summed E-state index contributed by atoms with van der Waals surface area (Å²) in [7, 11) is 0. The number of nitro groups is 1. The van der Waals surface area contributed by atoms with Crippen molar-refractivity contribution in [3.8, 4) is 0 Å². The van der Waals surface area contributed by atoms with E-state index in [9.17, 15) is 14.9 Å². The summed E-state index contributed by atoms with van der Waals surface area (Å²) in [6.07, 6.45) is 1.46. The van der Waals surface area contributed by atoms with Crippen molar-refractivity contribution >= 4 is 71.8 Å². The summed E-state index contributed by atoms with van der Waals surface area (Å²) in [6, 6.07) is 10.2. The maximum Gasteiger partial charge on any atom is 0.271 e. The molecule has 1 heterocycles. The number of nitrogens with one attached hydrogen (secondary N) is 1. The lowest BCUT2D eigenvalue weighted by Crippen LogP contribution is -2.15. The zero-order chi connectivity index (χ0) is 18.7. The molecule has 0 spiro atoms. The van der Waals surface area contributed by atoms with E-state index in [1.807, 2.05) is 24.3 Å². The molecule has 7 nitrogen and oxygen atoms in total. The fourth-order valence-electron chi connectivity index (χ4n) is 2.19. The van der Waals surface area contributed by atoms with Crippen LogP contribution in [0.2, 0.25) is 0 Å². The van der Waals surface area contributed by atoms with Crippen molar-refractivity contribution in [3.05, 3.63) is 61.8 Å². The second-order valence-electron chi connectivity index (χ2n) is 5.07. The van der Waals surface area contributed by atoms with E-state index in [1.165, 1.54) is 30.2 Å². The van der Waals surface area contributed by atoms with Crippen molar-refractivity contribution in [2.24, 2.45) is 0 Å². The van der Waals surface area contributed by atoms with E-state index in [-0.39, 0.29) is 17.3 Å². The highest BCUT2D eigenvalue weighted by Crippen LogP contribution is 2.35. The molecule has 1 aromatic heterocycles. The number of nitrogens with zero attached hydrogens (tertiary/aromatic N) is 3. The van der Waals surface area contributed by atoms with Gasteiger partial charge in [-0.3, -0.25) is 14.9 Å². The van der Waals surface area contributed by atoms with Crippen LogP contribution in [-0.4, -0.2) is 26.6 Å². The summed E-state index contributed by atoms with van der Waals surface area (Å²) >= 11 is 7.79. The summed E-state index contributed by atoms with van der Waals surface area (Å²) in [5, 5.41) is 15.2. The van der Waals surface area contributed by atoms with Crippen LogP contribution >= 0.6 is 43.6 Å². The summed E-state index contributed by atoms with van der Waals surface area (Å²) in [5.74, 6) is -0.121. The van der Waals surface area contributed by atoms with Crippen LogP contribution in [0.3, 0.4) is 0 Å². The number of aromatic nitrogens is 2. The Hall–Kier alpha value is -2.04. The molecule has 3 rings (SSSR count). The summed E-state index contributed by atoms with van der Waals surface area (Å²) in [5.41, 5.74) is 1.17. The number of non-ortho nitro benzene ring substituents is 1. The molecule has 0 saturated heterocycles. The van der Waals surface area contributed by atoms with Gasteiger partial charge in [-0.2, -0.15) is 0 Å². The molecular weight excluding hydrogens is 488 g/mol. The molecule has 0 unspecified atom stereocenters. The van der Waals surface area contributed by atoms with Crippen molar-refractivity contribution in [3.63, 3.8) is 0 Å². The number of halogens is 2.